The SMILES string of the molecule is O=C(NCc1ccc(Cl)cc1)c1cc2c3c(c1)CC(=O)N3CCC2. The molecule has 2 aliphatic heterocycles. The number of nitrogens with one attached hydrogen (secondary N) is 1. The first-order valence-electron chi connectivity index (χ1n) is 8.10. The number of carbonyl (C=O) groups excluding carboxylic acids is 2. The zero-order valence-electron chi connectivity index (χ0n) is 13.1. The van der Waals surface area contributed by atoms with Crippen LogP contribution in [0.4, 0.5) is 5.69 Å². The normalized spacial score (nSPS) is 15.4. The van der Waals surface area contributed by atoms with Crippen LogP contribution in [0.15, 0.2) is 36.4 Å². The Kier molecular flexibility index (Phi) is 3.77. The van der Waals surface area contributed by atoms with Gasteiger partial charge in [-0.1, -0.05) is 23.7 Å². The first kappa shape index (κ1) is 15.2. The molecule has 0 unspecified atom stereocenters. The number of hydrogen-bond acceptors (Lipinski definition) is 2. The van der Waals surface area contributed by atoms with Gasteiger partial charge in [-0.25, -0.2) is 0 Å². The third-order valence-electron chi connectivity index (χ3n) is 4.64. The predicted octanol–water partition coefficient (Wildman–Crippen LogP) is 3.11. The fourth-order valence-electron chi connectivity index (χ4n) is 3.50. The molecule has 2 aromatic rings. The molecule has 2 aliphatic rings. The molecule has 4 rings (SSSR count). The van der Waals surface area contributed by atoms with E-state index in [-0.39, 0.29) is 11.8 Å². The van der Waals surface area contributed by atoms with Crippen molar-refractivity contribution in [1.82, 2.24) is 5.32 Å². The summed E-state index contributed by atoms with van der Waals surface area (Å²) in [6, 6.07) is 11.2. The molecule has 2 heterocycles. The van der Waals surface area contributed by atoms with Crippen LogP contribution >= 0.6 is 11.6 Å². The molecule has 24 heavy (non-hydrogen) atoms. The Morgan fingerprint density at radius 3 is 2.71 bits per heavy atom. The molecule has 1 N–H and O–H groups in total. The second-order valence-corrected chi connectivity index (χ2v) is 6.71. The van der Waals surface area contributed by atoms with Gasteiger partial charge < -0.3 is 10.2 Å². The first-order chi connectivity index (χ1) is 11.6. The zero-order chi connectivity index (χ0) is 16.7. The van der Waals surface area contributed by atoms with E-state index in [1.54, 1.807) is 0 Å². The van der Waals surface area contributed by atoms with E-state index in [2.05, 4.69) is 5.32 Å². The number of nitrogens with zero attached hydrogens (tertiary/aromatic N) is 1. The van der Waals surface area contributed by atoms with Crippen molar-refractivity contribution in [1.29, 1.82) is 0 Å². The van der Waals surface area contributed by atoms with Gasteiger partial charge in [-0.15, -0.1) is 0 Å². The quantitative estimate of drug-likeness (QED) is 0.933. The summed E-state index contributed by atoms with van der Waals surface area (Å²) in [5.74, 6) is 0.0325. The Morgan fingerprint density at radius 1 is 1.17 bits per heavy atom. The Labute approximate surface area is 145 Å². The monoisotopic (exact) mass is 340 g/mol. The molecule has 0 radical (unpaired) electrons. The Balaban J connectivity index is 1.54. The Hall–Kier alpha value is -2.33. The molecule has 2 aromatic carbocycles. The predicted molar refractivity (Wildman–Crippen MR) is 93.4 cm³/mol. The molecule has 2 amide bonds. The fourth-order valence-corrected chi connectivity index (χ4v) is 3.62. The largest absolute Gasteiger partial charge is 0.348 e. The number of benzene rings is 2. The number of anilines is 1. The number of halogens is 1. The van der Waals surface area contributed by atoms with Crippen LogP contribution in [0, 0.1) is 0 Å². The Bertz CT molecular complexity index is 830. The van der Waals surface area contributed by atoms with Crippen LogP contribution in [0.2, 0.25) is 5.02 Å². The lowest BCUT2D eigenvalue weighted by Crippen LogP contribution is -2.31. The van der Waals surface area contributed by atoms with Gasteiger partial charge in [-0.2, -0.15) is 0 Å². The highest BCUT2D eigenvalue weighted by Gasteiger charge is 2.32. The van der Waals surface area contributed by atoms with Crippen LogP contribution in [-0.2, 0) is 24.2 Å². The van der Waals surface area contributed by atoms with Gasteiger partial charge in [-0.3, -0.25) is 9.59 Å². The molecule has 0 bridgehead atoms. The molecule has 5 heteroatoms. The average Bonchev–Trinajstić information content (AvgIpc) is 2.91. The average molecular weight is 341 g/mol. The van der Waals surface area contributed by atoms with E-state index in [0.29, 0.717) is 23.6 Å². The summed E-state index contributed by atoms with van der Waals surface area (Å²) in [5, 5.41) is 3.61. The molecule has 0 aromatic heterocycles. The number of carbonyl (C=O) groups is 2. The molecule has 122 valence electrons. The van der Waals surface area contributed by atoms with Gasteiger partial charge in [0, 0.05) is 23.7 Å². The summed E-state index contributed by atoms with van der Waals surface area (Å²) >= 11 is 5.87. The highest BCUT2D eigenvalue weighted by Crippen LogP contribution is 2.37. The highest BCUT2D eigenvalue weighted by molar-refractivity contribution is 6.30. The van der Waals surface area contributed by atoms with Gasteiger partial charge in [0.25, 0.3) is 5.91 Å². The van der Waals surface area contributed by atoms with Gasteiger partial charge in [0.15, 0.2) is 0 Å². The smallest absolute Gasteiger partial charge is 0.251 e. The van der Waals surface area contributed by atoms with E-state index in [9.17, 15) is 9.59 Å². The van der Waals surface area contributed by atoms with Gasteiger partial charge >= 0.3 is 0 Å². The second kappa shape index (κ2) is 5.95. The maximum Gasteiger partial charge on any atom is 0.251 e. The summed E-state index contributed by atoms with van der Waals surface area (Å²) in [6.07, 6.45) is 2.28. The lowest BCUT2D eigenvalue weighted by molar-refractivity contribution is -0.117. The maximum absolute atomic E-state index is 12.5. The lowest BCUT2D eigenvalue weighted by atomic mass is 9.96. The molecular formula is C19H17ClN2O2. The zero-order valence-corrected chi connectivity index (χ0v) is 13.9. The summed E-state index contributed by atoms with van der Waals surface area (Å²) in [4.78, 5) is 26.4. The Morgan fingerprint density at radius 2 is 1.92 bits per heavy atom. The molecule has 0 fully saturated rings. The van der Waals surface area contributed by atoms with Crippen molar-refractivity contribution in [3.8, 4) is 0 Å². The second-order valence-electron chi connectivity index (χ2n) is 6.28. The molecular weight excluding hydrogens is 324 g/mol. The van der Waals surface area contributed by atoms with Crippen molar-refractivity contribution in [2.24, 2.45) is 0 Å². The number of hydrogen-bond donors (Lipinski definition) is 1. The molecule has 4 nitrogen and oxygen atoms in total. The molecule has 0 atom stereocenters. The van der Waals surface area contributed by atoms with Crippen LogP contribution in [-0.4, -0.2) is 18.4 Å². The summed E-state index contributed by atoms with van der Waals surface area (Å²) in [7, 11) is 0. The van der Waals surface area contributed by atoms with Crippen LogP contribution < -0.4 is 10.2 Å². The van der Waals surface area contributed by atoms with E-state index in [1.165, 1.54) is 0 Å². The van der Waals surface area contributed by atoms with Crippen molar-refractivity contribution in [2.45, 2.75) is 25.8 Å². The van der Waals surface area contributed by atoms with Crippen LogP contribution in [0.25, 0.3) is 0 Å². The highest BCUT2D eigenvalue weighted by atomic mass is 35.5. The molecule has 0 saturated carbocycles. The van der Waals surface area contributed by atoms with Crippen LogP contribution in [0.1, 0.15) is 33.5 Å². The summed E-state index contributed by atoms with van der Waals surface area (Å²) in [5.41, 5.74) is 4.77. The van der Waals surface area contributed by atoms with Crippen LogP contribution in [0.3, 0.4) is 0 Å². The van der Waals surface area contributed by atoms with Crippen molar-refractivity contribution in [3.63, 3.8) is 0 Å². The third-order valence-corrected chi connectivity index (χ3v) is 4.89. The summed E-state index contributed by atoms with van der Waals surface area (Å²) in [6.45, 7) is 1.24. The van der Waals surface area contributed by atoms with Crippen molar-refractivity contribution in [2.75, 3.05) is 11.4 Å². The van der Waals surface area contributed by atoms with E-state index in [1.807, 2.05) is 41.3 Å². The fraction of sp³-hybridized carbons (Fsp3) is 0.263. The van der Waals surface area contributed by atoms with Gasteiger partial charge in [0.2, 0.25) is 5.91 Å². The first-order valence-corrected chi connectivity index (χ1v) is 8.48. The molecule has 0 saturated heterocycles. The van der Waals surface area contributed by atoms with Crippen molar-refractivity contribution in [3.05, 3.63) is 63.7 Å². The van der Waals surface area contributed by atoms with Gasteiger partial charge in [-0.05, 0) is 53.8 Å². The molecule has 0 spiro atoms. The minimum absolute atomic E-state index is 0.111. The number of amides is 2. The van der Waals surface area contributed by atoms with E-state index in [0.717, 1.165) is 41.8 Å². The molecule has 0 aliphatic carbocycles. The maximum atomic E-state index is 12.5. The topological polar surface area (TPSA) is 49.4 Å². The van der Waals surface area contributed by atoms with Gasteiger partial charge in [0.1, 0.15) is 0 Å². The lowest BCUT2D eigenvalue weighted by Gasteiger charge is -2.25. The van der Waals surface area contributed by atoms with Crippen molar-refractivity contribution < 1.29 is 9.59 Å². The number of rotatable bonds is 3. The van der Waals surface area contributed by atoms with Gasteiger partial charge in [0.05, 0.1) is 12.1 Å². The minimum Gasteiger partial charge on any atom is -0.348 e. The standard InChI is InChI=1S/C19H17ClN2O2/c20-16-5-3-12(4-6-16)11-21-19(24)15-8-13-2-1-7-22-17(23)10-14(9-15)18(13)22/h3-6,8-9H,1-2,7,10-11H2,(H,21,24). The van der Waals surface area contributed by atoms with Crippen LogP contribution in [0.5, 0.6) is 0 Å². The minimum atomic E-state index is -0.111. The van der Waals surface area contributed by atoms with E-state index < -0.39 is 0 Å². The van der Waals surface area contributed by atoms with Crippen molar-refractivity contribution >= 4 is 29.1 Å². The third kappa shape index (κ3) is 2.67. The summed E-state index contributed by atoms with van der Waals surface area (Å²) < 4.78 is 0. The number of aryl methyl sites for hydroxylation is 1. The van der Waals surface area contributed by atoms with E-state index in [4.69, 9.17) is 11.6 Å². The van der Waals surface area contributed by atoms with E-state index >= 15 is 0 Å².